The summed E-state index contributed by atoms with van der Waals surface area (Å²) in [6.45, 7) is 3.73. The second-order valence-corrected chi connectivity index (χ2v) is 3.18. The van der Waals surface area contributed by atoms with Gasteiger partial charge in [-0.2, -0.15) is 0 Å². The zero-order chi connectivity index (χ0) is 6.04. The van der Waals surface area contributed by atoms with E-state index in [0.29, 0.717) is 0 Å². The molecule has 1 aliphatic heterocycles. The molecule has 1 rings (SSSR count). The van der Waals surface area contributed by atoms with Gasteiger partial charge >= 0.3 is 0 Å². The van der Waals surface area contributed by atoms with Crippen molar-refractivity contribution in [2.24, 2.45) is 0 Å². The minimum Gasteiger partial charge on any atom is -0.321 e. The van der Waals surface area contributed by atoms with E-state index < -0.39 is 0 Å². The van der Waals surface area contributed by atoms with E-state index in [2.05, 4.69) is 20.6 Å². The number of nitrogens with zero attached hydrogens (tertiary/aromatic N) is 1. The summed E-state index contributed by atoms with van der Waals surface area (Å²) in [6.07, 6.45) is 4.12. The zero-order valence-electron chi connectivity index (χ0n) is 5.85. The molecule has 0 N–H and O–H groups in total. The van der Waals surface area contributed by atoms with E-state index in [1.807, 2.05) is 0 Å². The summed E-state index contributed by atoms with van der Waals surface area (Å²) in [5, 5.41) is 0. The molecule has 8 heavy (non-hydrogen) atoms. The molecule has 0 amide bonds. The number of piperidine rings is 1. The van der Waals surface area contributed by atoms with Gasteiger partial charge in [0.25, 0.3) is 0 Å². The van der Waals surface area contributed by atoms with Crippen LogP contribution in [-0.4, -0.2) is 25.1 Å². The molecule has 0 spiro atoms. The molecule has 0 atom stereocenters. The molecule has 1 saturated heterocycles. The Bertz CT molecular complexity index is 68.5. The van der Waals surface area contributed by atoms with Gasteiger partial charge in [0, 0.05) is 6.42 Å². The number of rotatable bonds is 0. The third-order valence-corrected chi connectivity index (χ3v) is 1.81. The molecule has 1 fully saturated rings. The Morgan fingerprint density at radius 3 is 2.25 bits per heavy atom. The molecule has 0 unspecified atom stereocenters. The van der Waals surface area contributed by atoms with E-state index in [4.69, 9.17) is 0 Å². The lowest BCUT2D eigenvalue weighted by Crippen LogP contribution is -2.39. The molecule has 0 bridgehead atoms. The van der Waals surface area contributed by atoms with E-state index in [-0.39, 0.29) is 0 Å². The lowest BCUT2D eigenvalue weighted by molar-refractivity contribution is -0.865. The molecular formula is C7H15N+. The number of quaternary nitrogens is 1. The van der Waals surface area contributed by atoms with Crippen molar-refractivity contribution in [2.75, 3.05) is 20.6 Å². The van der Waals surface area contributed by atoms with Crippen LogP contribution in [0.4, 0.5) is 0 Å². The van der Waals surface area contributed by atoms with E-state index >= 15 is 0 Å². The highest BCUT2D eigenvalue weighted by molar-refractivity contribution is 4.58. The second-order valence-electron chi connectivity index (χ2n) is 3.18. The zero-order valence-corrected chi connectivity index (χ0v) is 5.85. The molecule has 1 radical (unpaired) electrons. The molecule has 0 aliphatic carbocycles. The van der Waals surface area contributed by atoms with Crippen LogP contribution in [0.25, 0.3) is 0 Å². The minimum atomic E-state index is 1.12. The fraction of sp³-hybridized carbons (Fsp3) is 0.857. The Morgan fingerprint density at radius 1 is 1.25 bits per heavy atom. The first-order valence-electron chi connectivity index (χ1n) is 3.38. The molecule has 0 aromatic rings. The second kappa shape index (κ2) is 2.06. The monoisotopic (exact) mass is 113 g/mol. The smallest absolute Gasteiger partial charge is 0.141 e. The van der Waals surface area contributed by atoms with Gasteiger partial charge < -0.3 is 4.48 Å². The maximum absolute atomic E-state index is 2.39. The Kier molecular flexibility index (Phi) is 1.57. The molecule has 1 heteroatoms. The Labute approximate surface area is 51.9 Å². The van der Waals surface area contributed by atoms with Gasteiger partial charge in [-0.1, -0.05) is 0 Å². The summed E-state index contributed by atoms with van der Waals surface area (Å²) >= 11 is 0. The Balaban J connectivity index is 2.33. The molecule has 47 valence electrons. The van der Waals surface area contributed by atoms with E-state index in [1.54, 1.807) is 0 Å². The Hall–Kier alpha value is -0.0400. The lowest BCUT2D eigenvalue weighted by Gasteiger charge is -2.31. The van der Waals surface area contributed by atoms with Crippen molar-refractivity contribution in [3.05, 3.63) is 6.54 Å². The summed E-state index contributed by atoms with van der Waals surface area (Å²) in [4.78, 5) is 0. The maximum Gasteiger partial charge on any atom is 0.141 e. The summed E-state index contributed by atoms with van der Waals surface area (Å²) in [6, 6.07) is 0. The van der Waals surface area contributed by atoms with Crippen LogP contribution in [0.3, 0.4) is 0 Å². The standard InChI is InChI=1S/C7H15N/c1-8(2)6-4-3-5-7-8/h6H,3-5,7H2,1-2H3/q+1. The highest BCUT2D eigenvalue weighted by Gasteiger charge is 2.18. The number of likely N-dealkylation sites (tertiary alicyclic amines) is 1. The average Bonchev–Trinajstić information content (AvgIpc) is 1.65. The molecule has 1 heterocycles. The van der Waals surface area contributed by atoms with Gasteiger partial charge in [-0.3, -0.25) is 0 Å². The first-order valence-corrected chi connectivity index (χ1v) is 3.38. The summed E-state index contributed by atoms with van der Waals surface area (Å²) < 4.78 is 1.12. The first-order chi connectivity index (χ1) is 3.71. The van der Waals surface area contributed by atoms with Crippen LogP contribution in [0.2, 0.25) is 0 Å². The van der Waals surface area contributed by atoms with Crippen LogP contribution in [0.15, 0.2) is 0 Å². The molecule has 0 saturated carbocycles. The quantitative estimate of drug-likeness (QED) is 0.417. The molecular weight excluding hydrogens is 98.1 g/mol. The van der Waals surface area contributed by atoms with Gasteiger partial charge in [0.05, 0.1) is 20.6 Å². The minimum absolute atomic E-state index is 1.12. The van der Waals surface area contributed by atoms with Gasteiger partial charge in [0.2, 0.25) is 0 Å². The van der Waals surface area contributed by atoms with Crippen LogP contribution in [0.5, 0.6) is 0 Å². The fourth-order valence-electron chi connectivity index (χ4n) is 1.20. The van der Waals surface area contributed by atoms with Crippen LogP contribution >= 0.6 is 0 Å². The van der Waals surface area contributed by atoms with Gasteiger partial charge in [0.1, 0.15) is 6.54 Å². The molecule has 0 aromatic heterocycles. The third kappa shape index (κ3) is 1.48. The van der Waals surface area contributed by atoms with Gasteiger partial charge in [-0.25, -0.2) is 0 Å². The van der Waals surface area contributed by atoms with Crippen molar-refractivity contribution in [1.82, 2.24) is 0 Å². The van der Waals surface area contributed by atoms with Gasteiger partial charge in [-0.15, -0.1) is 0 Å². The predicted molar refractivity (Wildman–Crippen MR) is 35.1 cm³/mol. The van der Waals surface area contributed by atoms with Gasteiger partial charge in [-0.05, 0) is 12.8 Å². The van der Waals surface area contributed by atoms with Crippen LogP contribution < -0.4 is 0 Å². The maximum atomic E-state index is 2.39. The highest BCUT2D eigenvalue weighted by atomic mass is 15.3. The average molecular weight is 113 g/mol. The van der Waals surface area contributed by atoms with Crippen LogP contribution in [0, 0.1) is 6.54 Å². The highest BCUT2D eigenvalue weighted by Crippen LogP contribution is 2.16. The SMILES string of the molecule is C[N+]1(C)[CH]CCCC1. The van der Waals surface area contributed by atoms with Crippen LogP contribution in [0.1, 0.15) is 19.3 Å². The van der Waals surface area contributed by atoms with Crippen molar-refractivity contribution in [3.8, 4) is 0 Å². The summed E-state index contributed by atoms with van der Waals surface area (Å²) in [7, 11) is 4.53. The normalized spacial score (nSPS) is 27.8. The van der Waals surface area contributed by atoms with Crippen molar-refractivity contribution < 1.29 is 4.48 Å². The summed E-state index contributed by atoms with van der Waals surface area (Å²) in [5.41, 5.74) is 0. The number of hydrogen-bond acceptors (Lipinski definition) is 0. The van der Waals surface area contributed by atoms with E-state index in [1.165, 1.54) is 25.8 Å². The van der Waals surface area contributed by atoms with Crippen LogP contribution in [-0.2, 0) is 0 Å². The molecule has 1 nitrogen and oxygen atoms in total. The van der Waals surface area contributed by atoms with Crippen molar-refractivity contribution in [3.63, 3.8) is 0 Å². The fourth-order valence-corrected chi connectivity index (χ4v) is 1.20. The van der Waals surface area contributed by atoms with Gasteiger partial charge in [0.15, 0.2) is 0 Å². The van der Waals surface area contributed by atoms with E-state index in [0.717, 1.165) is 4.48 Å². The largest absolute Gasteiger partial charge is 0.321 e. The third-order valence-electron chi connectivity index (χ3n) is 1.81. The molecule has 0 aromatic carbocycles. The molecule has 1 aliphatic rings. The number of hydrogen-bond donors (Lipinski definition) is 0. The van der Waals surface area contributed by atoms with Crippen molar-refractivity contribution in [1.29, 1.82) is 0 Å². The lowest BCUT2D eigenvalue weighted by atomic mass is 10.1. The summed E-state index contributed by atoms with van der Waals surface area (Å²) in [5.74, 6) is 0. The van der Waals surface area contributed by atoms with Crippen molar-refractivity contribution in [2.45, 2.75) is 19.3 Å². The van der Waals surface area contributed by atoms with E-state index in [9.17, 15) is 0 Å². The Morgan fingerprint density at radius 2 is 2.00 bits per heavy atom. The topological polar surface area (TPSA) is 0 Å². The first kappa shape index (κ1) is 6.09. The van der Waals surface area contributed by atoms with Crippen molar-refractivity contribution >= 4 is 0 Å². The predicted octanol–water partition coefficient (Wildman–Crippen LogP) is 1.41.